The first-order chi connectivity index (χ1) is 12.0. The highest BCUT2D eigenvalue weighted by atomic mass is 35.5. The number of carbonyl (C=O) groups excluding carboxylic acids is 1. The number of amides is 1. The van der Waals surface area contributed by atoms with Crippen molar-refractivity contribution >= 4 is 34.8 Å². The number of benzene rings is 2. The number of anilines is 1. The summed E-state index contributed by atoms with van der Waals surface area (Å²) in [6.45, 7) is -0.101. The second-order valence-electron chi connectivity index (χ2n) is 5.04. The maximum atomic E-state index is 12.2. The Morgan fingerprint density at radius 3 is 2.60 bits per heavy atom. The summed E-state index contributed by atoms with van der Waals surface area (Å²) < 4.78 is 5.19. The molecule has 1 aromatic heterocycles. The van der Waals surface area contributed by atoms with Crippen molar-refractivity contribution in [1.82, 2.24) is 20.2 Å². The summed E-state index contributed by atoms with van der Waals surface area (Å²) in [6, 6.07) is 12.0. The van der Waals surface area contributed by atoms with Crippen LogP contribution in [0.15, 0.2) is 42.5 Å². The monoisotopic (exact) mass is 377 g/mol. The maximum Gasteiger partial charge on any atom is 0.248 e. The maximum absolute atomic E-state index is 12.2. The fraction of sp³-hybridized carbons (Fsp3) is 0.125. The van der Waals surface area contributed by atoms with E-state index in [-0.39, 0.29) is 12.5 Å². The number of ether oxygens (including phenoxy) is 1. The van der Waals surface area contributed by atoms with Gasteiger partial charge in [-0.15, -0.1) is 10.2 Å². The van der Waals surface area contributed by atoms with Gasteiger partial charge >= 0.3 is 0 Å². The first-order valence-corrected chi connectivity index (χ1v) is 7.98. The summed E-state index contributed by atoms with van der Waals surface area (Å²) in [5.74, 6) is 0.580. The van der Waals surface area contributed by atoms with Crippen LogP contribution in [-0.4, -0.2) is 33.2 Å². The molecule has 9 heteroatoms. The molecule has 1 N–H and O–H groups in total. The lowest BCUT2D eigenvalue weighted by Gasteiger charge is -2.10. The highest BCUT2D eigenvalue weighted by Crippen LogP contribution is 2.27. The van der Waals surface area contributed by atoms with Crippen LogP contribution in [0.3, 0.4) is 0 Å². The van der Waals surface area contributed by atoms with E-state index in [9.17, 15) is 4.79 Å². The molecule has 0 unspecified atom stereocenters. The molecule has 0 aliphatic rings. The van der Waals surface area contributed by atoms with Crippen molar-refractivity contribution in [3.05, 3.63) is 52.5 Å². The second kappa shape index (κ2) is 7.50. The van der Waals surface area contributed by atoms with Crippen molar-refractivity contribution in [3.63, 3.8) is 0 Å². The standard InChI is InChI=1S/C16H13Cl2N5O2/c1-25-14-7-6-12(18)8-13(14)19-15(24)9-23-21-16(20-22-23)10-2-4-11(17)5-3-10/h2-8H,9H2,1H3,(H,19,24). The Bertz CT molecular complexity index is 896. The molecule has 2 aromatic carbocycles. The summed E-state index contributed by atoms with van der Waals surface area (Å²) in [6.07, 6.45) is 0. The molecule has 7 nitrogen and oxygen atoms in total. The van der Waals surface area contributed by atoms with Crippen molar-refractivity contribution in [3.8, 4) is 17.1 Å². The summed E-state index contributed by atoms with van der Waals surface area (Å²) in [5.41, 5.74) is 1.23. The van der Waals surface area contributed by atoms with Gasteiger partial charge in [-0.25, -0.2) is 0 Å². The van der Waals surface area contributed by atoms with Gasteiger partial charge in [-0.2, -0.15) is 4.80 Å². The Kier molecular flexibility index (Phi) is 5.16. The highest BCUT2D eigenvalue weighted by Gasteiger charge is 2.12. The predicted molar refractivity (Wildman–Crippen MR) is 94.9 cm³/mol. The normalized spacial score (nSPS) is 10.5. The SMILES string of the molecule is COc1ccc(Cl)cc1NC(=O)Cn1nnc(-c2ccc(Cl)cc2)n1. The molecule has 3 aromatic rings. The van der Waals surface area contributed by atoms with E-state index < -0.39 is 0 Å². The number of rotatable bonds is 5. The highest BCUT2D eigenvalue weighted by molar-refractivity contribution is 6.31. The Balaban J connectivity index is 1.70. The van der Waals surface area contributed by atoms with Crippen LogP contribution in [0.4, 0.5) is 5.69 Å². The third-order valence-electron chi connectivity index (χ3n) is 3.28. The van der Waals surface area contributed by atoms with E-state index in [2.05, 4.69) is 20.7 Å². The van der Waals surface area contributed by atoms with Gasteiger partial charge in [0.1, 0.15) is 12.3 Å². The van der Waals surface area contributed by atoms with Crippen molar-refractivity contribution < 1.29 is 9.53 Å². The van der Waals surface area contributed by atoms with Crippen LogP contribution in [0.1, 0.15) is 0 Å². The number of halogens is 2. The molecule has 0 aliphatic carbocycles. The summed E-state index contributed by atoms with van der Waals surface area (Å²) in [4.78, 5) is 13.4. The average molecular weight is 378 g/mol. The zero-order valence-corrected chi connectivity index (χ0v) is 14.6. The van der Waals surface area contributed by atoms with Gasteiger partial charge < -0.3 is 10.1 Å². The Hall–Kier alpha value is -2.64. The van der Waals surface area contributed by atoms with Crippen molar-refractivity contribution in [2.45, 2.75) is 6.54 Å². The zero-order chi connectivity index (χ0) is 17.8. The zero-order valence-electron chi connectivity index (χ0n) is 13.1. The molecule has 0 aliphatic heterocycles. The van der Waals surface area contributed by atoms with Gasteiger partial charge in [-0.05, 0) is 47.7 Å². The molecular weight excluding hydrogens is 365 g/mol. The number of tetrazole rings is 1. The molecule has 0 atom stereocenters. The topological polar surface area (TPSA) is 81.9 Å². The van der Waals surface area contributed by atoms with Crippen molar-refractivity contribution in [1.29, 1.82) is 0 Å². The summed E-state index contributed by atoms with van der Waals surface area (Å²) in [5, 5.41) is 15.8. The molecule has 3 rings (SSSR count). The van der Waals surface area contributed by atoms with E-state index >= 15 is 0 Å². The number of nitrogens with zero attached hydrogens (tertiary/aromatic N) is 4. The molecule has 0 saturated heterocycles. The van der Waals surface area contributed by atoms with Crippen molar-refractivity contribution in [2.75, 3.05) is 12.4 Å². The molecule has 0 spiro atoms. The van der Waals surface area contributed by atoms with Gasteiger partial charge in [0.05, 0.1) is 12.8 Å². The van der Waals surface area contributed by atoms with Gasteiger partial charge in [0.25, 0.3) is 0 Å². The number of nitrogens with one attached hydrogen (secondary N) is 1. The van der Waals surface area contributed by atoms with Crippen LogP contribution >= 0.6 is 23.2 Å². The lowest BCUT2D eigenvalue weighted by Crippen LogP contribution is -2.20. The molecule has 0 saturated carbocycles. The minimum atomic E-state index is -0.333. The third kappa shape index (κ3) is 4.26. The molecule has 0 bridgehead atoms. The quantitative estimate of drug-likeness (QED) is 0.737. The van der Waals surface area contributed by atoms with Crippen LogP contribution < -0.4 is 10.1 Å². The van der Waals surface area contributed by atoms with E-state index in [1.807, 2.05) is 0 Å². The van der Waals surface area contributed by atoms with Gasteiger partial charge in [0.15, 0.2) is 0 Å². The minimum absolute atomic E-state index is 0.101. The van der Waals surface area contributed by atoms with Crippen LogP contribution in [0.2, 0.25) is 10.0 Å². The number of methoxy groups -OCH3 is 1. The van der Waals surface area contributed by atoms with Crippen LogP contribution in [0, 0.1) is 0 Å². The lowest BCUT2D eigenvalue weighted by atomic mass is 10.2. The molecule has 1 amide bonds. The van der Waals surface area contributed by atoms with E-state index in [0.717, 1.165) is 5.56 Å². The molecule has 0 fully saturated rings. The van der Waals surface area contributed by atoms with Crippen molar-refractivity contribution in [2.24, 2.45) is 0 Å². The third-order valence-corrected chi connectivity index (χ3v) is 3.76. The summed E-state index contributed by atoms with van der Waals surface area (Å²) in [7, 11) is 1.51. The van der Waals surface area contributed by atoms with Gasteiger partial charge in [-0.3, -0.25) is 4.79 Å². The van der Waals surface area contributed by atoms with Crippen LogP contribution in [-0.2, 0) is 11.3 Å². The smallest absolute Gasteiger partial charge is 0.248 e. The van der Waals surface area contributed by atoms with Gasteiger partial charge in [0, 0.05) is 15.6 Å². The molecule has 0 radical (unpaired) electrons. The summed E-state index contributed by atoms with van der Waals surface area (Å²) >= 11 is 11.8. The lowest BCUT2D eigenvalue weighted by molar-refractivity contribution is -0.117. The van der Waals surface area contributed by atoms with Gasteiger partial charge in [0.2, 0.25) is 11.7 Å². The van der Waals surface area contributed by atoms with E-state index in [0.29, 0.717) is 27.3 Å². The van der Waals surface area contributed by atoms with E-state index in [4.69, 9.17) is 27.9 Å². The number of carbonyl (C=O) groups is 1. The van der Waals surface area contributed by atoms with Crippen LogP contribution in [0.5, 0.6) is 5.75 Å². The Labute approximate surface area is 153 Å². The second-order valence-corrected chi connectivity index (χ2v) is 5.92. The molecular formula is C16H13Cl2N5O2. The van der Waals surface area contributed by atoms with Crippen LogP contribution in [0.25, 0.3) is 11.4 Å². The average Bonchev–Trinajstić information content (AvgIpc) is 3.04. The van der Waals surface area contributed by atoms with Gasteiger partial charge in [-0.1, -0.05) is 23.2 Å². The van der Waals surface area contributed by atoms with E-state index in [1.165, 1.54) is 11.9 Å². The fourth-order valence-electron chi connectivity index (χ4n) is 2.12. The fourth-order valence-corrected chi connectivity index (χ4v) is 2.42. The molecule has 128 valence electrons. The Morgan fingerprint density at radius 2 is 1.88 bits per heavy atom. The minimum Gasteiger partial charge on any atom is -0.495 e. The number of aromatic nitrogens is 4. The first kappa shape index (κ1) is 17.2. The predicted octanol–water partition coefficient (Wildman–Crippen LogP) is 3.29. The number of hydrogen-bond acceptors (Lipinski definition) is 5. The first-order valence-electron chi connectivity index (χ1n) is 7.22. The largest absolute Gasteiger partial charge is 0.495 e. The van der Waals surface area contributed by atoms with E-state index in [1.54, 1.807) is 42.5 Å². The Morgan fingerprint density at radius 1 is 1.16 bits per heavy atom. The number of hydrogen-bond donors (Lipinski definition) is 1. The molecule has 25 heavy (non-hydrogen) atoms. The molecule has 1 heterocycles.